The van der Waals surface area contributed by atoms with Crippen molar-refractivity contribution in [2.24, 2.45) is 23.5 Å². The van der Waals surface area contributed by atoms with Gasteiger partial charge in [-0.1, -0.05) is 48.0 Å². The van der Waals surface area contributed by atoms with Gasteiger partial charge in [0, 0.05) is 0 Å². The molecule has 0 rings (SSSR count). The molecular formula is C20H38N4O6. The maximum absolute atomic E-state index is 12.7. The molecule has 0 aromatic rings. The van der Waals surface area contributed by atoms with Gasteiger partial charge in [0.1, 0.15) is 18.1 Å². The van der Waals surface area contributed by atoms with Crippen molar-refractivity contribution in [3.63, 3.8) is 0 Å². The van der Waals surface area contributed by atoms with Gasteiger partial charge in [-0.25, -0.2) is 4.79 Å². The van der Waals surface area contributed by atoms with Crippen molar-refractivity contribution in [3.05, 3.63) is 0 Å². The zero-order valence-corrected chi connectivity index (χ0v) is 18.8. The van der Waals surface area contributed by atoms with Gasteiger partial charge in [0.05, 0.1) is 12.6 Å². The van der Waals surface area contributed by atoms with Crippen molar-refractivity contribution in [2.45, 2.75) is 78.6 Å². The highest BCUT2D eigenvalue weighted by molar-refractivity contribution is 5.94. The number of hydrogen-bond donors (Lipinski definition) is 6. The van der Waals surface area contributed by atoms with E-state index >= 15 is 0 Å². The van der Waals surface area contributed by atoms with Crippen molar-refractivity contribution in [1.82, 2.24) is 16.0 Å². The molecule has 0 aliphatic heterocycles. The number of carbonyl (C=O) groups excluding carboxylic acids is 3. The molecule has 174 valence electrons. The quantitative estimate of drug-likeness (QED) is 0.231. The van der Waals surface area contributed by atoms with Crippen LogP contribution in [-0.2, 0) is 19.2 Å². The number of rotatable bonds is 13. The molecule has 0 heterocycles. The molecule has 7 N–H and O–H groups in total. The summed E-state index contributed by atoms with van der Waals surface area (Å²) in [6.45, 7) is 10.1. The van der Waals surface area contributed by atoms with E-state index < -0.39 is 54.5 Å². The second-order valence-corrected chi connectivity index (χ2v) is 8.41. The van der Waals surface area contributed by atoms with Crippen LogP contribution in [0.25, 0.3) is 0 Å². The molecule has 3 amide bonds. The lowest BCUT2D eigenvalue weighted by Gasteiger charge is -2.27. The number of aliphatic hydroxyl groups is 1. The summed E-state index contributed by atoms with van der Waals surface area (Å²) in [5.41, 5.74) is 5.91. The molecule has 5 atom stereocenters. The first kappa shape index (κ1) is 27.8. The Kier molecular flexibility index (Phi) is 12.2. The average Bonchev–Trinajstić information content (AvgIpc) is 2.66. The van der Waals surface area contributed by atoms with Crippen molar-refractivity contribution < 1.29 is 29.4 Å². The fourth-order valence-electron chi connectivity index (χ4n) is 2.72. The summed E-state index contributed by atoms with van der Waals surface area (Å²) < 4.78 is 0. The first-order chi connectivity index (χ1) is 13.8. The first-order valence-corrected chi connectivity index (χ1v) is 10.4. The number of carbonyl (C=O) groups is 4. The molecule has 5 unspecified atom stereocenters. The minimum absolute atomic E-state index is 0.0174. The highest BCUT2D eigenvalue weighted by Gasteiger charge is 2.32. The Hall–Kier alpha value is -2.20. The summed E-state index contributed by atoms with van der Waals surface area (Å²) in [7, 11) is 0. The third kappa shape index (κ3) is 9.08. The second kappa shape index (κ2) is 13.2. The third-order valence-electron chi connectivity index (χ3n) is 4.94. The smallest absolute Gasteiger partial charge is 0.326 e. The van der Waals surface area contributed by atoms with Gasteiger partial charge in [-0.3, -0.25) is 14.4 Å². The standard InChI is InChI=1S/C20H38N4O6/c1-7-12(6)15(21)18(27)24-16(11(4)5)19(28)23-14(9-25)17(26)22-13(20(29)30)8-10(2)3/h10-16,25H,7-9,21H2,1-6H3,(H,22,26)(H,23,28)(H,24,27)(H,29,30). The summed E-state index contributed by atoms with van der Waals surface area (Å²) in [6.07, 6.45) is 0.895. The van der Waals surface area contributed by atoms with Gasteiger partial charge in [0.25, 0.3) is 0 Å². The molecule has 0 aromatic heterocycles. The van der Waals surface area contributed by atoms with Crippen LogP contribution in [0.3, 0.4) is 0 Å². The van der Waals surface area contributed by atoms with Gasteiger partial charge in [-0.15, -0.1) is 0 Å². The van der Waals surface area contributed by atoms with E-state index in [4.69, 9.17) is 5.73 Å². The summed E-state index contributed by atoms with van der Waals surface area (Å²) in [5.74, 6) is -3.54. The lowest BCUT2D eigenvalue weighted by molar-refractivity contribution is -0.143. The van der Waals surface area contributed by atoms with Crippen molar-refractivity contribution >= 4 is 23.7 Å². The van der Waals surface area contributed by atoms with E-state index in [9.17, 15) is 29.4 Å². The molecule has 0 aromatic carbocycles. The Bertz CT molecular complexity index is 596. The molecule has 0 spiro atoms. The Morgan fingerprint density at radius 1 is 0.867 bits per heavy atom. The van der Waals surface area contributed by atoms with Crippen LogP contribution in [0.2, 0.25) is 0 Å². The minimum Gasteiger partial charge on any atom is -0.480 e. The Morgan fingerprint density at radius 3 is 1.80 bits per heavy atom. The van der Waals surface area contributed by atoms with Crippen LogP contribution in [0.15, 0.2) is 0 Å². The maximum atomic E-state index is 12.7. The summed E-state index contributed by atoms with van der Waals surface area (Å²) in [4.78, 5) is 48.8. The molecule has 10 heteroatoms. The predicted molar refractivity (Wildman–Crippen MR) is 112 cm³/mol. The zero-order chi connectivity index (χ0) is 23.6. The third-order valence-corrected chi connectivity index (χ3v) is 4.94. The van der Waals surface area contributed by atoms with Crippen molar-refractivity contribution in [2.75, 3.05) is 6.61 Å². The van der Waals surface area contributed by atoms with Gasteiger partial charge in [0.15, 0.2) is 0 Å². The SMILES string of the molecule is CCC(C)C(N)C(=O)NC(C(=O)NC(CO)C(=O)NC(CC(C)C)C(=O)O)C(C)C. The molecule has 10 nitrogen and oxygen atoms in total. The molecule has 0 aliphatic carbocycles. The minimum atomic E-state index is -1.35. The molecule has 0 aliphatic rings. The first-order valence-electron chi connectivity index (χ1n) is 10.4. The lowest BCUT2D eigenvalue weighted by atomic mass is 9.97. The topological polar surface area (TPSA) is 171 Å². The lowest BCUT2D eigenvalue weighted by Crippen LogP contribution is -2.59. The number of carboxylic acids is 1. The van der Waals surface area contributed by atoms with Gasteiger partial charge < -0.3 is 31.9 Å². The van der Waals surface area contributed by atoms with Gasteiger partial charge >= 0.3 is 5.97 Å². The summed E-state index contributed by atoms with van der Waals surface area (Å²) in [6, 6.07) is -4.25. The number of amides is 3. The van der Waals surface area contributed by atoms with E-state index in [0.717, 1.165) is 0 Å². The maximum Gasteiger partial charge on any atom is 0.326 e. The summed E-state index contributed by atoms with van der Waals surface area (Å²) in [5, 5.41) is 26.1. The average molecular weight is 431 g/mol. The van der Waals surface area contributed by atoms with E-state index in [-0.39, 0.29) is 24.2 Å². The Morgan fingerprint density at radius 2 is 1.40 bits per heavy atom. The molecule has 0 saturated heterocycles. The molecule has 0 bridgehead atoms. The van der Waals surface area contributed by atoms with Crippen LogP contribution >= 0.6 is 0 Å². The molecule has 0 fully saturated rings. The summed E-state index contributed by atoms with van der Waals surface area (Å²) >= 11 is 0. The number of carboxylic acid groups (broad SMARTS) is 1. The van der Waals surface area contributed by atoms with Crippen LogP contribution in [0.1, 0.15) is 54.4 Å². The molecule has 0 saturated carbocycles. The van der Waals surface area contributed by atoms with Crippen LogP contribution < -0.4 is 21.7 Å². The van der Waals surface area contributed by atoms with Gasteiger partial charge in [-0.05, 0) is 24.2 Å². The van der Waals surface area contributed by atoms with E-state index in [0.29, 0.717) is 6.42 Å². The van der Waals surface area contributed by atoms with Crippen molar-refractivity contribution in [3.8, 4) is 0 Å². The van der Waals surface area contributed by atoms with E-state index in [1.54, 1.807) is 13.8 Å². The number of aliphatic carboxylic acids is 1. The fraction of sp³-hybridized carbons (Fsp3) is 0.800. The molecule has 30 heavy (non-hydrogen) atoms. The van der Waals surface area contributed by atoms with E-state index in [1.807, 2.05) is 27.7 Å². The normalized spacial score (nSPS) is 16.3. The van der Waals surface area contributed by atoms with Crippen LogP contribution in [0, 0.1) is 17.8 Å². The van der Waals surface area contributed by atoms with E-state index in [1.165, 1.54) is 0 Å². The van der Waals surface area contributed by atoms with Crippen molar-refractivity contribution in [1.29, 1.82) is 0 Å². The number of hydrogen-bond acceptors (Lipinski definition) is 6. The monoisotopic (exact) mass is 430 g/mol. The Balaban J connectivity index is 5.20. The van der Waals surface area contributed by atoms with Crippen LogP contribution in [0.4, 0.5) is 0 Å². The van der Waals surface area contributed by atoms with Crippen LogP contribution in [0.5, 0.6) is 0 Å². The molecular weight excluding hydrogens is 392 g/mol. The predicted octanol–water partition coefficient (Wildman–Crippen LogP) is -0.407. The zero-order valence-electron chi connectivity index (χ0n) is 18.8. The van der Waals surface area contributed by atoms with E-state index in [2.05, 4.69) is 16.0 Å². The Labute approximate surface area is 178 Å². The number of aliphatic hydroxyl groups excluding tert-OH is 1. The number of nitrogens with two attached hydrogens (primary N) is 1. The molecule has 0 radical (unpaired) electrons. The highest BCUT2D eigenvalue weighted by Crippen LogP contribution is 2.09. The fourth-order valence-corrected chi connectivity index (χ4v) is 2.72. The van der Waals surface area contributed by atoms with Gasteiger partial charge in [-0.2, -0.15) is 0 Å². The number of nitrogens with one attached hydrogen (secondary N) is 3. The second-order valence-electron chi connectivity index (χ2n) is 8.41. The van der Waals surface area contributed by atoms with Gasteiger partial charge in [0.2, 0.25) is 17.7 Å². The highest BCUT2D eigenvalue weighted by atomic mass is 16.4. The van der Waals surface area contributed by atoms with Crippen LogP contribution in [-0.4, -0.2) is 64.7 Å². The largest absolute Gasteiger partial charge is 0.480 e.